The third kappa shape index (κ3) is 3.45. The van der Waals surface area contributed by atoms with Crippen molar-refractivity contribution in [2.45, 2.75) is 49.4 Å². The van der Waals surface area contributed by atoms with Crippen LogP contribution in [0.25, 0.3) is 11.0 Å². The van der Waals surface area contributed by atoms with Gasteiger partial charge in [-0.05, 0) is 37.8 Å². The van der Waals surface area contributed by atoms with Crippen LogP contribution in [0.4, 0.5) is 0 Å². The van der Waals surface area contributed by atoms with E-state index in [1.54, 1.807) is 24.3 Å². The Bertz CT molecular complexity index is 789. The summed E-state index contributed by atoms with van der Waals surface area (Å²) in [4.78, 5) is 19.2. The topological polar surface area (TPSA) is 91.9 Å². The Morgan fingerprint density at radius 2 is 2.00 bits per heavy atom. The zero-order valence-electron chi connectivity index (χ0n) is 13.8. The molecule has 0 unspecified atom stereocenters. The molecule has 1 aliphatic rings. The molecule has 0 spiro atoms. The molecule has 1 heterocycles. The van der Waals surface area contributed by atoms with Gasteiger partial charge in [0.15, 0.2) is 0 Å². The first-order chi connectivity index (χ1) is 11.5. The van der Waals surface area contributed by atoms with Crippen molar-refractivity contribution in [1.82, 2.24) is 15.3 Å². The lowest BCUT2D eigenvalue weighted by Gasteiger charge is -2.22. The maximum atomic E-state index is 12.6. The van der Waals surface area contributed by atoms with Gasteiger partial charge in [0.25, 0.3) is 0 Å². The third-order valence-electron chi connectivity index (χ3n) is 4.76. The summed E-state index contributed by atoms with van der Waals surface area (Å²) in [6, 6.07) is 7.09. The van der Waals surface area contributed by atoms with E-state index in [1.807, 2.05) is 0 Å². The average molecular weight is 349 g/mol. The highest BCUT2D eigenvalue weighted by Crippen LogP contribution is 2.23. The SMILES string of the molecule is C[C@@H](C(=O)NCC1CCCCC1)S(=O)(=O)c1nc2ccccc2[nH]1. The molecule has 0 radical (unpaired) electrons. The predicted molar refractivity (Wildman–Crippen MR) is 92.3 cm³/mol. The molecule has 0 aliphatic heterocycles. The van der Waals surface area contributed by atoms with Crippen LogP contribution in [0.2, 0.25) is 0 Å². The van der Waals surface area contributed by atoms with Gasteiger partial charge in [0.1, 0.15) is 5.25 Å². The number of carbonyl (C=O) groups is 1. The maximum absolute atomic E-state index is 12.6. The summed E-state index contributed by atoms with van der Waals surface area (Å²) in [7, 11) is -3.83. The summed E-state index contributed by atoms with van der Waals surface area (Å²) in [5, 5.41) is 1.49. The van der Waals surface area contributed by atoms with Gasteiger partial charge < -0.3 is 10.3 Å². The van der Waals surface area contributed by atoms with Crippen LogP contribution in [0.5, 0.6) is 0 Å². The van der Waals surface area contributed by atoms with E-state index >= 15 is 0 Å². The smallest absolute Gasteiger partial charge is 0.238 e. The second-order valence-corrected chi connectivity index (χ2v) is 8.68. The summed E-state index contributed by atoms with van der Waals surface area (Å²) in [5.74, 6) is 0.00448. The minimum atomic E-state index is -3.83. The van der Waals surface area contributed by atoms with Gasteiger partial charge in [0, 0.05) is 6.54 Å². The van der Waals surface area contributed by atoms with Crippen molar-refractivity contribution in [2.75, 3.05) is 6.54 Å². The monoisotopic (exact) mass is 349 g/mol. The summed E-state index contributed by atoms with van der Waals surface area (Å²) in [5.41, 5.74) is 1.22. The molecular weight excluding hydrogens is 326 g/mol. The molecule has 3 rings (SSSR count). The molecule has 2 N–H and O–H groups in total. The minimum Gasteiger partial charge on any atom is -0.355 e. The van der Waals surface area contributed by atoms with Crippen LogP contribution < -0.4 is 5.32 Å². The van der Waals surface area contributed by atoms with E-state index in [1.165, 1.54) is 26.2 Å². The Morgan fingerprint density at radius 3 is 2.71 bits per heavy atom. The van der Waals surface area contributed by atoms with Crippen LogP contribution in [0.15, 0.2) is 29.4 Å². The number of nitrogens with one attached hydrogen (secondary N) is 2. The van der Waals surface area contributed by atoms with Crippen molar-refractivity contribution < 1.29 is 13.2 Å². The van der Waals surface area contributed by atoms with Crippen molar-refractivity contribution in [2.24, 2.45) is 5.92 Å². The molecule has 130 valence electrons. The van der Waals surface area contributed by atoms with Gasteiger partial charge in [-0.25, -0.2) is 13.4 Å². The Kier molecular flexibility index (Phi) is 4.89. The highest BCUT2D eigenvalue weighted by molar-refractivity contribution is 7.92. The second kappa shape index (κ2) is 6.93. The number of aromatic amines is 1. The van der Waals surface area contributed by atoms with E-state index in [0.29, 0.717) is 23.5 Å². The van der Waals surface area contributed by atoms with E-state index in [4.69, 9.17) is 0 Å². The first kappa shape index (κ1) is 17.0. The number of hydrogen-bond acceptors (Lipinski definition) is 4. The normalized spacial score (nSPS) is 17.7. The lowest BCUT2D eigenvalue weighted by atomic mass is 9.89. The fourth-order valence-electron chi connectivity index (χ4n) is 3.15. The summed E-state index contributed by atoms with van der Waals surface area (Å²) < 4.78 is 25.3. The Morgan fingerprint density at radius 1 is 1.29 bits per heavy atom. The average Bonchev–Trinajstić information content (AvgIpc) is 3.05. The van der Waals surface area contributed by atoms with Crippen LogP contribution >= 0.6 is 0 Å². The molecule has 1 amide bonds. The van der Waals surface area contributed by atoms with E-state index < -0.39 is 21.0 Å². The Labute approximate surface area is 142 Å². The first-order valence-electron chi connectivity index (χ1n) is 8.45. The molecule has 1 saturated carbocycles. The van der Waals surface area contributed by atoms with Crippen LogP contribution in [0.3, 0.4) is 0 Å². The molecule has 0 bridgehead atoms. The molecule has 24 heavy (non-hydrogen) atoms. The fraction of sp³-hybridized carbons (Fsp3) is 0.529. The van der Waals surface area contributed by atoms with Gasteiger partial charge in [0.05, 0.1) is 11.0 Å². The lowest BCUT2D eigenvalue weighted by molar-refractivity contribution is -0.120. The minimum absolute atomic E-state index is 0.149. The van der Waals surface area contributed by atoms with Crippen molar-refractivity contribution in [3.05, 3.63) is 24.3 Å². The number of amides is 1. The van der Waals surface area contributed by atoms with E-state index in [-0.39, 0.29) is 5.16 Å². The molecule has 0 saturated heterocycles. The number of fused-ring (bicyclic) bond motifs is 1. The summed E-state index contributed by atoms with van der Waals surface area (Å²) >= 11 is 0. The second-order valence-electron chi connectivity index (χ2n) is 6.50. The quantitative estimate of drug-likeness (QED) is 0.867. The number of benzene rings is 1. The van der Waals surface area contributed by atoms with Crippen LogP contribution in [0.1, 0.15) is 39.0 Å². The number of imidazole rings is 1. The number of rotatable bonds is 5. The van der Waals surface area contributed by atoms with Crippen LogP contribution in [-0.2, 0) is 14.6 Å². The van der Waals surface area contributed by atoms with Crippen LogP contribution in [-0.4, -0.2) is 36.1 Å². The van der Waals surface area contributed by atoms with Gasteiger partial charge in [-0.2, -0.15) is 0 Å². The van der Waals surface area contributed by atoms with Crippen molar-refractivity contribution >= 4 is 26.8 Å². The van der Waals surface area contributed by atoms with E-state index in [9.17, 15) is 13.2 Å². The molecule has 1 atom stereocenters. The number of aromatic nitrogens is 2. The summed E-state index contributed by atoms with van der Waals surface area (Å²) in [6.07, 6.45) is 5.83. The van der Waals surface area contributed by atoms with Gasteiger partial charge in [-0.3, -0.25) is 4.79 Å². The van der Waals surface area contributed by atoms with Crippen molar-refractivity contribution in [3.63, 3.8) is 0 Å². The Balaban J connectivity index is 1.69. The highest BCUT2D eigenvalue weighted by Gasteiger charge is 2.32. The number of nitrogens with zero attached hydrogens (tertiary/aromatic N) is 1. The highest BCUT2D eigenvalue weighted by atomic mass is 32.2. The molecule has 1 aromatic carbocycles. The molecule has 6 nitrogen and oxygen atoms in total. The number of hydrogen-bond donors (Lipinski definition) is 2. The van der Waals surface area contributed by atoms with Gasteiger partial charge in [-0.15, -0.1) is 0 Å². The van der Waals surface area contributed by atoms with Crippen LogP contribution in [0, 0.1) is 5.92 Å². The van der Waals surface area contributed by atoms with Gasteiger partial charge >= 0.3 is 0 Å². The van der Waals surface area contributed by atoms with Gasteiger partial charge in [-0.1, -0.05) is 31.4 Å². The lowest BCUT2D eigenvalue weighted by Crippen LogP contribution is -2.40. The molecule has 1 fully saturated rings. The number of sulfone groups is 1. The standard InChI is InChI=1S/C17H23N3O3S/c1-12(16(21)18-11-13-7-3-2-4-8-13)24(22,23)17-19-14-9-5-6-10-15(14)20-17/h5-6,9-10,12-13H,2-4,7-8,11H2,1H3,(H,18,21)(H,19,20)/t12-/m0/s1. The first-order valence-corrected chi connectivity index (χ1v) is 9.99. The summed E-state index contributed by atoms with van der Waals surface area (Å²) in [6.45, 7) is 1.97. The zero-order chi connectivity index (χ0) is 17.2. The predicted octanol–water partition coefficient (Wildman–Crippen LogP) is 2.42. The molecule has 2 aromatic rings. The number of carbonyl (C=O) groups excluding carboxylic acids is 1. The van der Waals surface area contributed by atoms with E-state index in [2.05, 4.69) is 15.3 Å². The van der Waals surface area contributed by atoms with Gasteiger partial charge in [0.2, 0.25) is 20.9 Å². The Hall–Kier alpha value is -1.89. The molecule has 7 heteroatoms. The number of para-hydroxylation sites is 2. The number of H-pyrrole nitrogens is 1. The maximum Gasteiger partial charge on any atom is 0.238 e. The fourth-order valence-corrected chi connectivity index (χ4v) is 4.33. The molecule has 1 aliphatic carbocycles. The van der Waals surface area contributed by atoms with E-state index in [0.717, 1.165) is 12.8 Å². The third-order valence-corrected chi connectivity index (χ3v) is 6.64. The molecular formula is C17H23N3O3S. The zero-order valence-corrected chi connectivity index (χ0v) is 14.6. The largest absolute Gasteiger partial charge is 0.355 e. The van der Waals surface area contributed by atoms with Crippen molar-refractivity contribution in [3.8, 4) is 0 Å². The molecule has 1 aromatic heterocycles. The van der Waals surface area contributed by atoms with Crippen molar-refractivity contribution in [1.29, 1.82) is 0 Å².